The number of hydrogen-bond acceptors (Lipinski definition) is 4. The maximum Gasteiger partial charge on any atom is 0.336 e. The molecule has 0 unspecified atom stereocenters. The smallest absolute Gasteiger partial charge is 0.336 e. The van der Waals surface area contributed by atoms with Crippen LogP contribution in [0.2, 0.25) is 0 Å². The Balaban J connectivity index is 1.86. The van der Waals surface area contributed by atoms with Gasteiger partial charge in [0.05, 0.1) is 11.6 Å². The van der Waals surface area contributed by atoms with Gasteiger partial charge in [-0.3, -0.25) is 0 Å². The van der Waals surface area contributed by atoms with Gasteiger partial charge < -0.3 is 14.5 Å². The molecule has 0 bridgehead atoms. The van der Waals surface area contributed by atoms with Crippen molar-refractivity contribution in [2.45, 2.75) is 33.4 Å². The van der Waals surface area contributed by atoms with Crippen molar-refractivity contribution in [3.05, 3.63) is 73.5 Å². The molecule has 0 spiro atoms. The molecule has 1 heterocycles. The summed E-state index contributed by atoms with van der Waals surface area (Å²) in [6.45, 7) is 6.75. The fourth-order valence-electron chi connectivity index (χ4n) is 2.96. The molecule has 0 radical (unpaired) electrons. The number of fused-ring (bicyclic) bond motifs is 1. The van der Waals surface area contributed by atoms with E-state index in [9.17, 15) is 4.79 Å². The van der Waals surface area contributed by atoms with Crippen molar-refractivity contribution in [1.29, 1.82) is 0 Å². The van der Waals surface area contributed by atoms with E-state index in [0.29, 0.717) is 12.1 Å². The van der Waals surface area contributed by atoms with Crippen LogP contribution in [0.4, 0.5) is 0 Å². The van der Waals surface area contributed by atoms with Crippen LogP contribution in [0.5, 0.6) is 5.75 Å². The van der Waals surface area contributed by atoms with Crippen LogP contribution in [-0.4, -0.2) is 7.11 Å². The number of halogens is 1. The lowest BCUT2D eigenvalue weighted by Gasteiger charge is -2.16. The number of aryl methyl sites for hydroxylation is 2. The van der Waals surface area contributed by atoms with E-state index in [1.807, 2.05) is 31.2 Å². The van der Waals surface area contributed by atoms with Gasteiger partial charge in [-0.15, -0.1) is 0 Å². The molecular weight excluding hydrogens is 394 g/mol. The van der Waals surface area contributed by atoms with Crippen molar-refractivity contribution in [3.8, 4) is 5.75 Å². The normalized spacial score (nSPS) is 12.3. The van der Waals surface area contributed by atoms with Crippen molar-refractivity contribution in [1.82, 2.24) is 5.32 Å². The van der Waals surface area contributed by atoms with Gasteiger partial charge in [-0.1, -0.05) is 6.07 Å². The zero-order chi connectivity index (χ0) is 18.8. The standard InChI is InChI=1S/C21H22BrNO3/c1-12-7-17-16(10-21(24)26-20(17)8-13(12)2)11-23-14(3)15-5-6-19(25-4)18(22)9-15/h5-10,14,23H,11H2,1-4H3/t14-/m0/s1. The maximum atomic E-state index is 11.9. The van der Waals surface area contributed by atoms with E-state index < -0.39 is 0 Å². The second-order valence-electron chi connectivity index (χ2n) is 6.52. The van der Waals surface area contributed by atoms with Crippen LogP contribution in [0.1, 0.15) is 35.2 Å². The molecule has 0 aliphatic heterocycles. The van der Waals surface area contributed by atoms with Gasteiger partial charge in [0.15, 0.2) is 0 Å². The topological polar surface area (TPSA) is 51.5 Å². The lowest BCUT2D eigenvalue weighted by atomic mass is 10.0. The van der Waals surface area contributed by atoms with Crippen LogP contribution in [-0.2, 0) is 6.54 Å². The Morgan fingerprint density at radius 3 is 2.58 bits per heavy atom. The van der Waals surface area contributed by atoms with Gasteiger partial charge in [0.25, 0.3) is 0 Å². The van der Waals surface area contributed by atoms with E-state index in [4.69, 9.17) is 9.15 Å². The van der Waals surface area contributed by atoms with Gasteiger partial charge in [-0.25, -0.2) is 4.79 Å². The third-order valence-electron chi connectivity index (χ3n) is 4.72. The monoisotopic (exact) mass is 415 g/mol. The van der Waals surface area contributed by atoms with Crippen LogP contribution >= 0.6 is 15.9 Å². The second-order valence-corrected chi connectivity index (χ2v) is 7.37. The molecule has 2 aromatic carbocycles. The van der Waals surface area contributed by atoms with Crippen LogP contribution in [0, 0.1) is 13.8 Å². The molecule has 136 valence electrons. The third-order valence-corrected chi connectivity index (χ3v) is 5.34. The molecule has 1 atom stereocenters. The average Bonchev–Trinajstić information content (AvgIpc) is 2.60. The first-order valence-corrected chi connectivity index (χ1v) is 9.29. The minimum atomic E-state index is -0.322. The molecule has 4 nitrogen and oxygen atoms in total. The number of ether oxygens (including phenoxy) is 1. The molecule has 3 aromatic rings. The molecular formula is C21H22BrNO3. The first-order valence-electron chi connectivity index (χ1n) is 8.50. The first kappa shape index (κ1) is 18.7. The minimum absolute atomic E-state index is 0.117. The molecule has 0 saturated carbocycles. The fourth-order valence-corrected chi connectivity index (χ4v) is 3.52. The van der Waals surface area contributed by atoms with Crippen LogP contribution < -0.4 is 15.7 Å². The summed E-state index contributed by atoms with van der Waals surface area (Å²) >= 11 is 3.52. The predicted octanol–water partition coefficient (Wildman–Crippen LogP) is 5.03. The highest BCUT2D eigenvalue weighted by Crippen LogP contribution is 2.28. The van der Waals surface area contributed by atoms with Crippen molar-refractivity contribution in [2.75, 3.05) is 7.11 Å². The van der Waals surface area contributed by atoms with E-state index in [0.717, 1.165) is 32.3 Å². The minimum Gasteiger partial charge on any atom is -0.496 e. The molecule has 0 aliphatic rings. The second kappa shape index (κ2) is 7.64. The molecule has 0 aliphatic carbocycles. The Morgan fingerprint density at radius 1 is 1.15 bits per heavy atom. The molecule has 0 amide bonds. The number of nitrogens with one attached hydrogen (secondary N) is 1. The highest BCUT2D eigenvalue weighted by atomic mass is 79.9. The van der Waals surface area contributed by atoms with Crippen molar-refractivity contribution < 1.29 is 9.15 Å². The van der Waals surface area contributed by atoms with Gasteiger partial charge >= 0.3 is 5.63 Å². The lowest BCUT2D eigenvalue weighted by Crippen LogP contribution is -2.19. The molecule has 1 N–H and O–H groups in total. The highest BCUT2D eigenvalue weighted by Gasteiger charge is 2.11. The summed E-state index contributed by atoms with van der Waals surface area (Å²) in [5, 5.41) is 4.47. The summed E-state index contributed by atoms with van der Waals surface area (Å²) in [5.74, 6) is 0.804. The van der Waals surface area contributed by atoms with Crippen molar-refractivity contribution >= 4 is 26.9 Å². The molecule has 26 heavy (non-hydrogen) atoms. The third kappa shape index (κ3) is 3.84. The molecule has 3 rings (SSSR count). The maximum absolute atomic E-state index is 11.9. The lowest BCUT2D eigenvalue weighted by molar-refractivity contribution is 0.411. The largest absolute Gasteiger partial charge is 0.496 e. The van der Waals surface area contributed by atoms with E-state index in [1.165, 1.54) is 5.56 Å². The van der Waals surface area contributed by atoms with E-state index in [1.54, 1.807) is 13.2 Å². The number of rotatable bonds is 5. The van der Waals surface area contributed by atoms with Crippen LogP contribution in [0.3, 0.4) is 0 Å². The number of hydrogen-bond donors (Lipinski definition) is 1. The quantitative estimate of drug-likeness (QED) is 0.593. The summed E-state index contributed by atoms with van der Waals surface area (Å²) in [7, 11) is 1.65. The van der Waals surface area contributed by atoms with Gasteiger partial charge in [0, 0.05) is 24.0 Å². The Hall–Kier alpha value is -2.11. The Bertz CT molecular complexity index is 1010. The van der Waals surface area contributed by atoms with Gasteiger partial charge in [0.1, 0.15) is 11.3 Å². The van der Waals surface area contributed by atoms with E-state index in [2.05, 4.69) is 41.2 Å². The Morgan fingerprint density at radius 2 is 1.88 bits per heavy atom. The zero-order valence-corrected chi connectivity index (χ0v) is 16.9. The Labute approximate surface area is 161 Å². The average molecular weight is 416 g/mol. The first-order chi connectivity index (χ1) is 12.4. The van der Waals surface area contributed by atoms with E-state index in [-0.39, 0.29) is 11.7 Å². The summed E-state index contributed by atoms with van der Waals surface area (Å²) in [5.41, 5.74) is 4.69. The molecule has 0 saturated heterocycles. The van der Waals surface area contributed by atoms with Crippen molar-refractivity contribution in [3.63, 3.8) is 0 Å². The number of benzene rings is 2. The zero-order valence-electron chi connectivity index (χ0n) is 15.4. The number of methoxy groups -OCH3 is 1. The SMILES string of the molecule is COc1ccc([C@H](C)NCc2cc(=O)oc3cc(C)c(C)cc23)cc1Br. The molecule has 0 fully saturated rings. The predicted molar refractivity (Wildman–Crippen MR) is 108 cm³/mol. The van der Waals surface area contributed by atoms with Crippen LogP contribution in [0.25, 0.3) is 11.0 Å². The fraction of sp³-hybridized carbons (Fsp3) is 0.286. The molecule has 5 heteroatoms. The van der Waals surface area contributed by atoms with Gasteiger partial charge in [-0.2, -0.15) is 0 Å². The van der Waals surface area contributed by atoms with Gasteiger partial charge in [-0.05, 0) is 83.2 Å². The van der Waals surface area contributed by atoms with E-state index >= 15 is 0 Å². The summed E-state index contributed by atoms with van der Waals surface area (Å²) in [6, 6.07) is 11.7. The van der Waals surface area contributed by atoms with Gasteiger partial charge in [0.2, 0.25) is 0 Å². The van der Waals surface area contributed by atoms with Crippen LogP contribution in [0.15, 0.2) is 50.1 Å². The summed E-state index contributed by atoms with van der Waals surface area (Å²) in [6.07, 6.45) is 0. The Kier molecular flexibility index (Phi) is 5.49. The summed E-state index contributed by atoms with van der Waals surface area (Å²) in [4.78, 5) is 11.9. The highest BCUT2D eigenvalue weighted by molar-refractivity contribution is 9.10. The van der Waals surface area contributed by atoms with Crippen molar-refractivity contribution in [2.24, 2.45) is 0 Å². The molecule has 1 aromatic heterocycles. The summed E-state index contributed by atoms with van der Waals surface area (Å²) < 4.78 is 11.6.